The monoisotopic (exact) mass is 342 g/mol. The molecule has 2 N–H and O–H groups in total. The van der Waals surface area contributed by atoms with Crippen LogP contribution in [-0.2, 0) is 14.8 Å². The normalized spacial score (nSPS) is 12.7. The maximum absolute atomic E-state index is 12.3. The quantitative estimate of drug-likeness (QED) is 0.741. The minimum absolute atomic E-state index is 0.0736. The molecule has 0 aliphatic rings. The van der Waals surface area contributed by atoms with Gasteiger partial charge in [-0.05, 0) is 30.7 Å². The van der Waals surface area contributed by atoms with Crippen LogP contribution in [0.15, 0.2) is 29.2 Å². The van der Waals surface area contributed by atoms with Crippen LogP contribution in [-0.4, -0.2) is 50.4 Å². The third-order valence-electron chi connectivity index (χ3n) is 3.26. The summed E-state index contributed by atoms with van der Waals surface area (Å²) in [5.74, 6) is -1.45. The first-order chi connectivity index (χ1) is 10.7. The highest BCUT2D eigenvalue weighted by Gasteiger charge is 2.25. The number of hydrogen-bond donors (Lipinski definition) is 2. The molecule has 0 aliphatic carbocycles. The lowest BCUT2D eigenvalue weighted by Crippen LogP contribution is -2.40. The molecule has 1 atom stereocenters. The summed E-state index contributed by atoms with van der Waals surface area (Å²) in [6.07, 6.45) is 1.60. The molecule has 0 bridgehead atoms. The van der Waals surface area contributed by atoms with Crippen LogP contribution < -0.4 is 4.72 Å². The van der Waals surface area contributed by atoms with Crippen molar-refractivity contribution in [3.63, 3.8) is 0 Å². The molecule has 0 aromatic heterocycles. The second-order valence-electron chi connectivity index (χ2n) is 5.38. The van der Waals surface area contributed by atoms with E-state index >= 15 is 0 Å². The Labute approximate surface area is 136 Å². The Bertz CT molecular complexity index is 653. The van der Waals surface area contributed by atoms with Crippen LogP contribution in [0.1, 0.15) is 36.5 Å². The second-order valence-corrected chi connectivity index (χ2v) is 7.09. The van der Waals surface area contributed by atoms with Crippen molar-refractivity contribution in [2.75, 3.05) is 14.1 Å². The van der Waals surface area contributed by atoms with E-state index in [1.807, 2.05) is 6.92 Å². The first-order valence-corrected chi connectivity index (χ1v) is 8.74. The van der Waals surface area contributed by atoms with Gasteiger partial charge in [-0.3, -0.25) is 9.59 Å². The van der Waals surface area contributed by atoms with E-state index in [-0.39, 0.29) is 17.2 Å². The lowest BCUT2D eigenvalue weighted by Gasteiger charge is -2.15. The molecular formula is C15H22N2O5S. The Hall–Kier alpha value is -1.93. The van der Waals surface area contributed by atoms with Crippen molar-refractivity contribution in [1.29, 1.82) is 0 Å². The van der Waals surface area contributed by atoms with E-state index in [4.69, 9.17) is 5.11 Å². The lowest BCUT2D eigenvalue weighted by atomic mass is 10.1. The number of carbonyl (C=O) groups is 2. The third-order valence-corrected chi connectivity index (χ3v) is 4.75. The van der Waals surface area contributed by atoms with E-state index in [0.717, 1.165) is 6.42 Å². The van der Waals surface area contributed by atoms with Crippen molar-refractivity contribution in [1.82, 2.24) is 9.62 Å². The molecule has 128 valence electrons. The molecule has 8 heteroatoms. The van der Waals surface area contributed by atoms with E-state index in [0.29, 0.717) is 12.0 Å². The average molecular weight is 342 g/mol. The number of unbranched alkanes of at least 4 members (excludes halogenated alkanes) is 1. The van der Waals surface area contributed by atoms with Gasteiger partial charge in [0.2, 0.25) is 10.0 Å². The van der Waals surface area contributed by atoms with Crippen molar-refractivity contribution >= 4 is 21.9 Å². The fraction of sp³-hybridized carbons (Fsp3) is 0.467. The highest BCUT2D eigenvalue weighted by Crippen LogP contribution is 2.13. The summed E-state index contributed by atoms with van der Waals surface area (Å²) in [6, 6.07) is 4.22. The van der Waals surface area contributed by atoms with E-state index in [1.165, 1.54) is 29.2 Å². The van der Waals surface area contributed by atoms with Gasteiger partial charge >= 0.3 is 5.97 Å². The van der Waals surface area contributed by atoms with E-state index in [1.54, 1.807) is 14.1 Å². The van der Waals surface area contributed by atoms with Gasteiger partial charge in [0.25, 0.3) is 5.91 Å². The Balaban J connectivity index is 2.95. The lowest BCUT2D eigenvalue weighted by molar-refractivity contribution is -0.139. The molecule has 7 nitrogen and oxygen atoms in total. The van der Waals surface area contributed by atoms with Gasteiger partial charge in [-0.1, -0.05) is 19.8 Å². The van der Waals surface area contributed by atoms with Crippen LogP contribution in [0.4, 0.5) is 0 Å². The Kier molecular flexibility index (Phi) is 6.71. The van der Waals surface area contributed by atoms with E-state index < -0.39 is 22.0 Å². The van der Waals surface area contributed by atoms with Crippen LogP contribution >= 0.6 is 0 Å². The molecule has 0 fully saturated rings. The smallest absolute Gasteiger partial charge is 0.321 e. The summed E-state index contributed by atoms with van der Waals surface area (Å²) in [5.41, 5.74) is 0.356. The molecule has 1 rings (SSSR count). The van der Waals surface area contributed by atoms with Gasteiger partial charge in [-0.15, -0.1) is 0 Å². The van der Waals surface area contributed by atoms with Crippen LogP contribution in [0.5, 0.6) is 0 Å². The fourth-order valence-electron chi connectivity index (χ4n) is 1.93. The molecule has 0 saturated heterocycles. The first kappa shape index (κ1) is 19.1. The van der Waals surface area contributed by atoms with Crippen molar-refractivity contribution in [2.45, 2.75) is 37.1 Å². The molecule has 1 aromatic rings. The van der Waals surface area contributed by atoms with E-state index in [9.17, 15) is 18.0 Å². The van der Waals surface area contributed by atoms with Crippen molar-refractivity contribution in [3.05, 3.63) is 29.8 Å². The third kappa shape index (κ3) is 5.33. The zero-order valence-corrected chi connectivity index (χ0v) is 14.3. The number of nitrogens with zero attached hydrogens (tertiary/aromatic N) is 1. The maximum Gasteiger partial charge on any atom is 0.321 e. The van der Waals surface area contributed by atoms with Gasteiger partial charge in [0.1, 0.15) is 6.04 Å². The van der Waals surface area contributed by atoms with Gasteiger partial charge in [0.15, 0.2) is 0 Å². The average Bonchev–Trinajstić information content (AvgIpc) is 2.50. The van der Waals surface area contributed by atoms with Gasteiger partial charge in [-0.2, -0.15) is 4.72 Å². The first-order valence-electron chi connectivity index (χ1n) is 7.26. The topological polar surface area (TPSA) is 104 Å². The van der Waals surface area contributed by atoms with Gasteiger partial charge < -0.3 is 10.0 Å². The minimum atomic E-state index is -3.95. The molecule has 0 heterocycles. The number of carboxylic acid groups (broad SMARTS) is 1. The summed E-state index contributed by atoms with van der Waals surface area (Å²) >= 11 is 0. The second kappa shape index (κ2) is 8.07. The molecule has 0 aliphatic heterocycles. The van der Waals surface area contributed by atoms with Crippen LogP contribution in [0, 0.1) is 0 Å². The summed E-state index contributed by atoms with van der Waals surface area (Å²) in [6.45, 7) is 1.90. The summed E-state index contributed by atoms with van der Waals surface area (Å²) in [5, 5.41) is 9.11. The molecule has 1 unspecified atom stereocenters. The van der Waals surface area contributed by atoms with Crippen molar-refractivity contribution in [2.24, 2.45) is 0 Å². The maximum atomic E-state index is 12.3. The van der Waals surface area contributed by atoms with Gasteiger partial charge in [0.05, 0.1) is 4.90 Å². The number of sulfonamides is 1. The van der Waals surface area contributed by atoms with Crippen molar-refractivity contribution < 1.29 is 23.1 Å². The van der Waals surface area contributed by atoms with Crippen molar-refractivity contribution in [3.8, 4) is 0 Å². The summed E-state index contributed by atoms with van der Waals surface area (Å²) in [4.78, 5) is 24.2. The fourth-order valence-corrected chi connectivity index (χ4v) is 3.15. The molecule has 0 spiro atoms. The molecule has 23 heavy (non-hydrogen) atoms. The molecule has 0 radical (unpaired) electrons. The Morgan fingerprint density at radius 2 is 1.78 bits per heavy atom. The van der Waals surface area contributed by atoms with Gasteiger partial charge in [-0.25, -0.2) is 8.42 Å². The SMILES string of the molecule is CCCCC(NS(=O)(=O)c1ccc(C(=O)N(C)C)cc1)C(=O)O. The number of nitrogens with one attached hydrogen (secondary N) is 1. The molecule has 0 saturated carbocycles. The summed E-state index contributed by atoms with van der Waals surface area (Å²) < 4.78 is 26.7. The number of carbonyl (C=O) groups excluding carboxylic acids is 1. The molecule has 1 aromatic carbocycles. The minimum Gasteiger partial charge on any atom is -0.480 e. The number of carboxylic acids is 1. The zero-order valence-electron chi connectivity index (χ0n) is 13.4. The Morgan fingerprint density at radius 1 is 1.22 bits per heavy atom. The number of amides is 1. The number of benzene rings is 1. The summed E-state index contributed by atoms with van der Waals surface area (Å²) in [7, 11) is -0.759. The van der Waals surface area contributed by atoms with Crippen LogP contribution in [0.3, 0.4) is 0 Å². The molecule has 1 amide bonds. The standard InChI is InChI=1S/C15H22N2O5S/c1-4-5-6-13(15(19)20)16-23(21,22)12-9-7-11(8-10-12)14(18)17(2)3/h7-10,13,16H,4-6H2,1-3H3,(H,19,20). The molecular weight excluding hydrogens is 320 g/mol. The highest BCUT2D eigenvalue weighted by molar-refractivity contribution is 7.89. The Morgan fingerprint density at radius 3 is 2.22 bits per heavy atom. The zero-order chi connectivity index (χ0) is 17.6. The number of rotatable bonds is 8. The van der Waals surface area contributed by atoms with Crippen LogP contribution in [0.2, 0.25) is 0 Å². The predicted molar refractivity (Wildman–Crippen MR) is 85.7 cm³/mol. The van der Waals surface area contributed by atoms with E-state index in [2.05, 4.69) is 4.72 Å². The predicted octanol–water partition coefficient (Wildman–Crippen LogP) is 1.31. The highest BCUT2D eigenvalue weighted by atomic mass is 32.2. The van der Waals surface area contributed by atoms with Gasteiger partial charge in [0, 0.05) is 19.7 Å². The number of aliphatic carboxylic acids is 1. The number of hydrogen-bond acceptors (Lipinski definition) is 4. The largest absolute Gasteiger partial charge is 0.480 e. The van der Waals surface area contributed by atoms with Crippen LogP contribution in [0.25, 0.3) is 0 Å².